The van der Waals surface area contributed by atoms with Gasteiger partial charge in [-0.2, -0.15) is 0 Å². The maximum atomic E-state index is 13.3. The van der Waals surface area contributed by atoms with E-state index in [1.807, 2.05) is 0 Å². The van der Waals surface area contributed by atoms with E-state index in [-0.39, 0.29) is 41.4 Å². The molecule has 1 N–H and O–H groups in total. The van der Waals surface area contributed by atoms with E-state index in [9.17, 15) is 14.4 Å². The van der Waals surface area contributed by atoms with Crippen molar-refractivity contribution in [3.63, 3.8) is 0 Å². The highest BCUT2D eigenvalue weighted by Crippen LogP contribution is 2.65. The number of methoxy groups -OCH3 is 1. The van der Waals surface area contributed by atoms with Crippen LogP contribution in [0.1, 0.15) is 16.8 Å². The van der Waals surface area contributed by atoms with E-state index in [2.05, 4.69) is 17.5 Å². The van der Waals surface area contributed by atoms with Crippen molar-refractivity contribution in [3.8, 4) is 5.75 Å². The maximum absolute atomic E-state index is 13.3. The van der Waals surface area contributed by atoms with E-state index >= 15 is 0 Å². The van der Waals surface area contributed by atoms with Crippen LogP contribution in [0.4, 0.5) is 11.4 Å². The molecule has 2 saturated carbocycles. The standard InChI is InChI=1S/C25H22N2O4/c1-31-16-7-5-14(6-8-16)26-23(28)13-3-2-4-15(11-13)27-24(29)21-17-9-10-18(20-12-19(17)20)22(21)25(27)30/h2-11,17-22H,12H2,1H3,(H,26,28)/t17-,18+,19-,20-,21+,22+/m1/s1. The fourth-order valence-corrected chi connectivity index (χ4v) is 5.88. The molecule has 6 nitrogen and oxygen atoms in total. The van der Waals surface area contributed by atoms with E-state index in [0.717, 1.165) is 6.42 Å². The van der Waals surface area contributed by atoms with Crippen LogP contribution in [0.3, 0.4) is 0 Å². The number of carbonyl (C=O) groups excluding carboxylic acids is 3. The van der Waals surface area contributed by atoms with Crippen LogP contribution in [0, 0.1) is 35.5 Å². The van der Waals surface area contributed by atoms with Gasteiger partial charge >= 0.3 is 0 Å². The molecule has 1 saturated heterocycles. The van der Waals surface area contributed by atoms with Crippen molar-refractivity contribution >= 4 is 29.1 Å². The number of hydrogen-bond acceptors (Lipinski definition) is 4. The van der Waals surface area contributed by atoms with Crippen LogP contribution in [0.5, 0.6) is 5.75 Å². The Morgan fingerprint density at radius 2 is 1.61 bits per heavy atom. The summed E-state index contributed by atoms with van der Waals surface area (Å²) in [6, 6.07) is 13.8. The molecule has 4 aliphatic carbocycles. The number of ether oxygens (including phenoxy) is 1. The van der Waals surface area contributed by atoms with E-state index in [0.29, 0.717) is 34.5 Å². The summed E-state index contributed by atoms with van der Waals surface area (Å²) in [7, 11) is 1.58. The Hall–Kier alpha value is -3.41. The Bertz CT molecular complexity index is 1100. The average molecular weight is 414 g/mol. The Morgan fingerprint density at radius 1 is 0.968 bits per heavy atom. The zero-order valence-corrected chi connectivity index (χ0v) is 17.0. The third-order valence-electron chi connectivity index (χ3n) is 7.38. The summed E-state index contributed by atoms with van der Waals surface area (Å²) >= 11 is 0. The molecule has 2 aromatic rings. The summed E-state index contributed by atoms with van der Waals surface area (Å²) in [5.74, 6) is 1.17. The summed E-state index contributed by atoms with van der Waals surface area (Å²) in [6.45, 7) is 0. The van der Waals surface area contributed by atoms with E-state index in [1.54, 1.807) is 55.6 Å². The van der Waals surface area contributed by atoms with Crippen molar-refractivity contribution in [2.45, 2.75) is 6.42 Å². The molecule has 5 aliphatic rings. The van der Waals surface area contributed by atoms with Gasteiger partial charge in [-0.1, -0.05) is 18.2 Å². The molecule has 0 unspecified atom stereocenters. The molecular formula is C25H22N2O4. The second-order valence-electron chi connectivity index (χ2n) is 8.90. The largest absolute Gasteiger partial charge is 0.497 e. The van der Waals surface area contributed by atoms with E-state index in [4.69, 9.17) is 4.74 Å². The molecule has 31 heavy (non-hydrogen) atoms. The first-order valence-electron chi connectivity index (χ1n) is 10.7. The quantitative estimate of drug-likeness (QED) is 0.614. The summed E-state index contributed by atoms with van der Waals surface area (Å²) in [6.07, 6.45) is 5.46. The molecule has 1 heterocycles. The highest BCUT2D eigenvalue weighted by Gasteiger charge is 2.67. The number of allylic oxidation sites excluding steroid dienone is 2. The summed E-state index contributed by atoms with van der Waals surface area (Å²) in [5, 5.41) is 2.84. The first-order chi connectivity index (χ1) is 15.1. The predicted molar refractivity (Wildman–Crippen MR) is 115 cm³/mol. The lowest BCUT2D eigenvalue weighted by molar-refractivity contribution is -0.124. The molecule has 7 rings (SSSR count). The number of carbonyl (C=O) groups is 3. The lowest BCUT2D eigenvalue weighted by Crippen LogP contribution is -2.40. The van der Waals surface area contributed by atoms with Crippen LogP contribution in [-0.2, 0) is 9.59 Å². The van der Waals surface area contributed by atoms with Gasteiger partial charge in [-0.05, 0) is 72.6 Å². The van der Waals surface area contributed by atoms with Gasteiger partial charge in [0.2, 0.25) is 11.8 Å². The monoisotopic (exact) mass is 414 g/mol. The smallest absolute Gasteiger partial charge is 0.255 e. The summed E-state index contributed by atoms with van der Waals surface area (Å²) in [4.78, 5) is 40.7. The molecule has 1 aliphatic heterocycles. The maximum Gasteiger partial charge on any atom is 0.255 e. The number of imide groups is 1. The Balaban J connectivity index is 1.26. The number of anilines is 2. The SMILES string of the molecule is COc1ccc(NC(=O)c2cccc(N3C(=O)[C@H]4[C@@H]5C=C[C@@H]([C@H]6C[C@H]56)[C@@H]4C3=O)c2)cc1. The lowest BCUT2D eigenvalue weighted by Gasteiger charge is -2.37. The molecule has 6 heteroatoms. The molecule has 3 fully saturated rings. The number of hydrogen-bond donors (Lipinski definition) is 1. The van der Waals surface area contributed by atoms with Crippen LogP contribution < -0.4 is 15.0 Å². The van der Waals surface area contributed by atoms with Crippen LogP contribution in [0.25, 0.3) is 0 Å². The van der Waals surface area contributed by atoms with Gasteiger partial charge in [0, 0.05) is 11.3 Å². The molecule has 0 spiro atoms. The second-order valence-corrected chi connectivity index (χ2v) is 8.90. The Kier molecular flexibility index (Phi) is 3.88. The van der Waals surface area contributed by atoms with Crippen LogP contribution >= 0.6 is 0 Å². The van der Waals surface area contributed by atoms with Gasteiger partial charge in [-0.3, -0.25) is 14.4 Å². The van der Waals surface area contributed by atoms with Crippen molar-refractivity contribution < 1.29 is 19.1 Å². The first-order valence-corrected chi connectivity index (χ1v) is 10.7. The number of amides is 3. The molecule has 6 atom stereocenters. The first kappa shape index (κ1) is 18.4. The van der Waals surface area contributed by atoms with Crippen molar-refractivity contribution in [2.24, 2.45) is 35.5 Å². The van der Waals surface area contributed by atoms with Gasteiger partial charge in [0.15, 0.2) is 0 Å². The minimum atomic E-state index is -0.300. The molecule has 0 radical (unpaired) electrons. The minimum Gasteiger partial charge on any atom is -0.497 e. The molecule has 0 aromatic heterocycles. The van der Waals surface area contributed by atoms with E-state index < -0.39 is 0 Å². The van der Waals surface area contributed by atoms with Crippen molar-refractivity contribution in [1.29, 1.82) is 0 Å². The van der Waals surface area contributed by atoms with Crippen LogP contribution in [-0.4, -0.2) is 24.8 Å². The topological polar surface area (TPSA) is 75.7 Å². The minimum absolute atomic E-state index is 0.118. The highest BCUT2D eigenvalue weighted by molar-refractivity contribution is 6.23. The summed E-state index contributed by atoms with van der Waals surface area (Å²) < 4.78 is 5.13. The van der Waals surface area contributed by atoms with Crippen molar-refractivity contribution in [2.75, 3.05) is 17.3 Å². The molecule has 2 bridgehead atoms. The van der Waals surface area contributed by atoms with Gasteiger partial charge < -0.3 is 10.1 Å². The fraction of sp³-hybridized carbons (Fsp3) is 0.320. The van der Waals surface area contributed by atoms with Crippen molar-refractivity contribution in [3.05, 3.63) is 66.2 Å². The summed E-state index contributed by atoms with van der Waals surface area (Å²) in [5.41, 5.74) is 1.50. The number of benzene rings is 2. The zero-order valence-electron chi connectivity index (χ0n) is 17.0. The predicted octanol–water partition coefficient (Wildman–Crippen LogP) is 3.51. The lowest BCUT2D eigenvalue weighted by atomic mass is 9.63. The van der Waals surface area contributed by atoms with Crippen LogP contribution in [0.2, 0.25) is 0 Å². The Labute approximate surface area is 179 Å². The fourth-order valence-electron chi connectivity index (χ4n) is 5.88. The van der Waals surface area contributed by atoms with Crippen LogP contribution in [0.15, 0.2) is 60.7 Å². The zero-order chi connectivity index (χ0) is 21.3. The number of nitrogens with zero attached hydrogens (tertiary/aromatic N) is 1. The molecule has 2 aromatic carbocycles. The molecule has 3 amide bonds. The Morgan fingerprint density at radius 3 is 2.23 bits per heavy atom. The normalized spacial score (nSPS) is 32.0. The van der Waals surface area contributed by atoms with Gasteiger partial charge in [0.25, 0.3) is 5.91 Å². The molecule has 156 valence electrons. The van der Waals surface area contributed by atoms with Gasteiger partial charge in [0.1, 0.15) is 5.75 Å². The van der Waals surface area contributed by atoms with Crippen molar-refractivity contribution in [1.82, 2.24) is 0 Å². The third-order valence-corrected chi connectivity index (χ3v) is 7.38. The van der Waals surface area contributed by atoms with Gasteiger partial charge in [-0.25, -0.2) is 4.90 Å². The number of nitrogens with one attached hydrogen (secondary N) is 1. The third kappa shape index (κ3) is 2.67. The van der Waals surface area contributed by atoms with E-state index in [1.165, 1.54) is 4.90 Å². The number of rotatable bonds is 4. The molecular weight excluding hydrogens is 392 g/mol. The second kappa shape index (κ2) is 6.54. The van der Waals surface area contributed by atoms with Gasteiger partial charge in [-0.15, -0.1) is 0 Å². The highest BCUT2D eigenvalue weighted by atomic mass is 16.5. The van der Waals surface area contributed by atoms with Gasteiger partial charge in [0.05, 0.1) is 24.6 Å². The average Bonchev–Trinajstić information content (AvgIpc) is 3.57.